The molecule has 0 atom stereocenters. The van der Waals surface area contributed by atoms with E-state index in [1.165, 1.54) is 18.2 Å². The maximum Gasteiger partial charge on any atom is 0.292 e. The van der Waals surface area contributed by atoms with Gasteiger partial charge in [0.05, 0.1) is 4.92 Å². The summed E-state index contributed by atoms with van der Waals surface area (Å²) in [6.45, 7) is 0. The molecule has 0 saturated carbocycles. The standard InChI is InChI=1S/C12H8F2N2O2/c13-8-2-1-3-10(6-8)15-11-7-9(14)4-5-12(11)16(17)18/h1-7,15H. The number of benzene rings is 2. The maximum absolute atomic E-state index is 13.1. The lowest BCUT2D eigenvalue weighted by Crippen LogP contribution is -1.98. The van der Waals surface area contributed by atoms with Crippen LogP contribution in [-0.4, -0.2) is 4.92 Å². The molecule has 0 aliphatic heterocycles. The van der Waals surface area contributed by atoms with Gasteiger partial charge in [-0.3, -0.25) is 10.1 Å². The highest BCUT2D eigenvalue weighted by molar-refractivity contribution is 5.69. The van der Waals surface area contributed by atoms with Gasteiger partial charge >= 0.3 is 0 Å². The smallest absolute Gasteiger partial charge is 0.292 e. The predicted molar refractivity (Wildman–Crippen MR) is 62.7 cm³/mol. The average molecular weight is 250 g/mol. The van der Waals surface area contributed by atoms with Gasteiger partial charge in [-0.05, 0) is 24.3 Å². The second-order valence-electron chi connectivity index (χ2n) is 3.55. The molecule has 4 nitrogen and oxygen atoms in total. The molecule has 0 aliphatic rings. The van der Waals surface area contributed by atoms with Crippen LogP contribution in [0.2, 0.25) is 0 Å². The lowest BCUT2D eigenvalue weighted by molar-refractivity contribution is -0.384. The van der Waals surface area contributed by atoms with Crippen LogP contribution in [0.1, 0.15) is 0 Å². The molecule has 0 unspecified atom stereocenters. The molecule has 1 N–H and O–H groups in total. The van der Waals surface area contributed by atoms with Crippen molar-refractivity contribution >= 4 is 17.1 Å². The van der Waals surface area contributed by atoms with Gasteiger partial charge in [0.25, 0.3) is 5.69 Å². The van der Waals surface area contributed by atoms with Crippen molar-refractivity contribution in [2.45, 2.75) is 0 Å². The van der Waals surface area contributed by atoms with Crippen molar-refractivity contribution < 1.29 is 13.7 Å². The van der Waals surface area contributed by atoms with E-state index < -0.39 is 16.6 Å². The Hall–Kier alpha value is -2.50. The Labute approximate surface area is 101 Å². The van der Waals surface area contributed by atoms with Crippen molar-refractivity contribution in [1.82, 2.24) is 0 Å². The molecule has 0 spiro atoms. The van der Waals surface area contributed by atoms with E-state index in [1.54, 1.807) is 0 Å². The number of hydrogen-bond acceptors (Lipinski definition) is 3. The Morgan fingerprint density at radius 1 is 1.06 bits per heavy atom. The van der Waals surface area contributed by atoms with Gasteiger partial charge < -0.3 is 5.32 Å². The zero-order valence-corrected chi connectivity index (χ0v) is 9.06. The number of hydrogen-bond donors (Lipinski definition) is 1. The minimum atomic E-state index is -0.638. The largest absolute Gasteiger partial charge is 0.350 e. The van der Waals surface area contributed by atoms with Crippen LogP contribution in [0.15, 0.2) is 42.5 Å². The molecule has 0 aromatic heterocycles. The summed E-state index contributed by atoms with van der Waals surface area (Å²) in [6, 6.07) is 8.41. The highest BCUT2D eigenvalue weighted by atomic mass is 19.1. The molecule has 0 radical (unpaired) electrons. The number of nitro benzene ring substituents is 1. The second-order valence-corrected chi connectivity index (χ2v) is 3.55. The van der Waals surface area contributed by atoms with Crippen LogP contribution in [0.5, 0.6) is 0 Å². The van der Waals surface area contributed by atoms with Gasteiger partial charge in [-0.2, -0.15) is 0 Å². The minimum Gasteiger partial charge on any atom is -0.350 e. The third kappa shape index (κ3) is 2.60. The van der Waals surface area contributed by atoms with Crippen molar-refractivity contribution in [3.63, 3.8) is 0 Å². The molecule has 0 heterocycles. The van der Waals surface area contributed by atoms with Gasteiger partial charge in [0, 0.05) is 17.8 Å². The molecule has 0 aliphatic carbocycles. The molecule has 0 saturated heterocycles. The zero-order valence-electron chi connectivity index (χ0n) is 9.06. The Morgan fingerprint density at radius 2 is 1.78 bits per heavy atom. The third-order valence-corrected chi connectivity index (χ3v) is 2.26. The van der Waals surface area contributed by atoms with Gasteiger partial charge in [-0.1, -0.05) is 6.07 Å². The number of nitro groups is 1. The fraction of sp³-hybridized carbons (Fsp3) is 0. The molecule has 18 heavy (non-hydrogen) atoms. The predicted octanol–water partition coefficient (Wildman–Crippen LogP) is 3.62. The maximum atomic E-state index is 13.1. The van der Waals surface area contributed by atoms with E-state index in [2.05, 4.69) is 5.32 Å². The molecular weight excluding hydrogens is 242 g/mol. The van der Waals surface area contributed by atoms with Crippen LogP contribution < -0.4 is 5.32 Å². The first-order chi connectivity index (χ1) is 8.56. The van der Waals surface area contributed by atoms with Crippen molar-refractivity contribution in [1.29, 1.82) is 0 Å². The number of nitrogens with zero attached hydrogens (tertiary/aromatic N) is 1. The van der Waals surface area contributed by atoms with Crippen molar-refractivity contribution in [3.05, 3.63) is 64.2 Å². The summed E-state index contributed by atoms with van der Waals surface area (Å²) in [5.41, 5.74) is 0.00922. The van der Waals surface area contributed by atoms with Gasteiger partial charge in [0.2, 0.25) is 0 Å². The molecule has 2 aromatic carbocycles. The SMILES string of the molecule is O=[N+]([O-])c1ccc(F)cc1Nc1cccc(F)c1. The molecular formula is C12H8F2N2O2. The summed E-state index contributed by atoms with van der Waals surface area (Å²) < 4.78 is 26.0. The molecule has 2 aromatic rings. The highest BCUT2D eigenvalue weighted by Gasteiger charge is 2.14. The van der Waals surface area contributed by atoms with E-state index in [0.29, 0.717) is 5.69 Å². The van der Waals surface area contributed by atoms with E-state index in [-0.39, 0.29) is 11.4 Å². The van der Waals surface area contributed by atoms with Crippen LogP contribution in [0.25, 0.3) is 0 Å². The van der Waals surface area contributed by atoms with Crippen molar-refractivity contribution in [2.24, 2.45) is 0 Å². The Morgan fingerprint density at radius 3 is 2.44 bits per heavy atom. The molecule has 2 rings (SSSR count). The molecule has 92 valence electrons. The lowest BCUT2D eigenvalue weighted by atomic mass is 10.2. The Kier molecular flexibility index (Phi) is 3.18. The fourth-order valence-corrected chi connectivity index (χ4v) is 1.49. The van der Waals surface area contributed by atoms with Gasteiger partial charge in [0.15, 0.2) is 0 Å². The molecule has 6 heteroatoms. The second kappa shape index (κ2) is 4.79. The Bertz CT molecular complexity index is 602. The fourth-order valence-electron chi connectivity index (χ4n) is 1.49. The number of halogens is 2. The first-order valence-corrected chi connectivity index (χ1v) is 5.03. The zero-order chi connectivity index (χ0) is 13.1. The number of nitrogens with one attached hydrogen (secondary N) is 1. The van der Waals surface area contributed by atoms with Gasteiger partial charge in [-0.15, -0.1) is 0 Å². The highest BCUT2D eigenvalue weighted by Crippen LogP contribution is 2.28. The van der Waals surface area contributed by atoms with Crippen LogP contribution in [0, 0.1) is 21.7 Å². The topological polar surface area (TPSA) is 55.2 Å². The monoisotopic (exact) mass is 250 g/mol. The number of rotatable bonds is 3. The van der Waals surface area contributed by atoms with Crippen molar-refractivity contribution in [2.75, 3.05) is 5.32 Å². The molecule has 0 fully saturated rings. The van der Waals surface area contributed by atoms with Crippen LogP contribution in [-0.2, 0) is 0 Å². The van der Waals surface area contributed by atoms with E-state index in [4.69, 9.17) is 0 Å². The Balaban J connectivity index is 2.39. The van der Waals surface area contributed by atoms with E-state index in [9.17, 15) is 18.9 Å². The van der Waals surface area contributed by atoms with E-state index >= 15 is 0 Å². The quantitative estimate of drug-likeness (QED) is 0.668. The first-order valence-electron chi connectivity index (χ1n) is 5.03. The van der Waals surface area contributed by atoms with E-state index in [0.717, 1.165) is 24.3 Å². The summed E-state index contributed by atoms with van der Waals surface area (Å²) in [5.74, 6) is -1.10. The molecule has 0 bridgehead atoms. The summed E-state index contributed by atoms with van der Waals surface area (Å²) in [5, 5.41) is 13.4. The summed E-state index contributed by atoms with van der Waals surface area (Å²) in [6.07, 6.45) is 0. The van der Waals surface area contributed by atoms with Gasteiger partial charge in [0.1, 0.15) is 17.3 Å². The summed E-state index contributed by atoms with van der Waals surface area (Å²) in [4.78, 5) is 10.1. The summed E-state index contributed by atoms with van der Waals surface area (Å²) >= 11 is 0. The lowest BCUT2D eigenvalue weighted by Gasteiger charge is -2.07. The van der Waals surface area contributed by atoms with Crippen LogP contribution in [0.3, 0.4) is 0 Å². The average Bonchev–Trinajstić information content (AvgIpc) is 2.28. The first kappa shape index (κ1) is 12.0. The van der Waals surface area contributed by atoms with Crippen LogP contribution >= 0.6 is 0 Å². The van der Waals surface area contributed by atoms with E-state index in [1.807, 2.05) is 0 Å². The third-order valence-electron chi connectivity index (χ3n) is 2.26. The van der Waals surface area contributed by atoms with Gasteiger partial charge in [-0.25, -0.2) is 8.78 Å². The minimum absolute atomic E-state index is 0.0226. The van der Waals surface area contributed by atoms with Crippen LogP contribution in [0.4, 0.5) is 25.8 Å². The summed E-state index contributed by atoms with van der Waals surface area (Å²) in [7, 11) is 0. The normalized spacial score (nSPS) is 10.1. The molecule has 0 amide bonds. The number of anilines is 2. The van der Waals surface area contributed by atoms with Crippen molar-refractivity contribution in [3.8, 4) is 0 Å².